The molecule has 1 unspecified atom stereocenters. The third-order valence-electron chi connectivity index (χ3n) is 6.07. The Morgan fingerprint density at radius 2 is 1.85 bits per heavy atom. The summed E-state index contributed by atoms with van der Waals surface area (Å²) in [5.74, 6) is 0.971. The molecule has 34 heavy (non-hydrogen) atoms. The van der Waals surface area contributed by atoms with Crippen molar-refractivity contribution in [3.05, 3.63) is 72.1 Å². The number of rotatable bonds is 10. The van der Waals surface area contributed by atoms with Crippen LogP contribution in [0.2, 0.25) is 0 Å². The first-order chi connectivity index (χ1) is 16.6. The van der Waals surface area contributed by atoms with Gasteiger partial charge in [0.2, 0.25) is 11.8 Å². The quantitative estimate of drug-likeness (QED) is 0.501. The van der Waals surface area contributed by atoms with Gasteiger partial charge in [-0.2, -0.15) is 5.10 Å². The fraction of sp³-hybridized carbons (Fsp3) is 0.346. The molecule has 8 nitrogen and oxygen atoms in total. The van der Waals surface area contributed by atoms with E-state index in [1.807, 2.05) is 65.6 Å². The van der Waals surface area contributed by atoms with Crippen molar-refractivity contribution in [2.24, 2.45) is 5.92 Å². The van der Waals surface area contributed by atoms with Crippen molar-refractivity contribution in [2.45, 2.75) is 19.3 Å². The molecule has 1 aliphatic heterocycles. The summed E-state index contributed by atoms with van der Waals surface area (Å²) in [6, 6.07) is 15.6. The Morgan fingerprint density at radius 1 is 1.06 bits per heavy atom. The number of methoxy groups -OCH3 is 2. The van der Waals surface area contributed by atoms with Crippen LogP contribution in [0.5, 0.6) is 11.5 Å². The van der Waals surface area contributed by atoms with E-state index in [2.05, 4.69) is 10.4 Å². The summed E-state index contributed by atoms with van der Waals surface area (Å²) in [5, 5.41) is 7.36. The van der Waals surface area contributed by atoms with Gasteiger partial charge < -0.3 is 19.7 Å². The summed E-state index contributed by atoms with van der Waals surface area (Å²) in [5.41, 5.74) is 3.09. The zero-order chi connectivity index (χ0) is 23.9. The third-order valence-corrected chi connectivity index (χ3v) is 6.07. The molecule has 1 saturated heterocycles. The molecule has 1 N–H and O–H groups in total. The highest BCUT2D eigenvalue weighted by molar-refractivity contribution is 5.89. The molecule has 2 heterocycles. The average Bonchev–Trinajstić information content (AvgIpc) is 3.49. The number of nitrogens with zero attached hydrogens (tertiary/aromatic N) is 3. The molecule has 1 aliphatic rings. The molecule has 0 saturated carbocycles. The molecule has 1 fully saturated rings. The Kier molecular flexibility index (Phi) is 7.47. The lowest BCUT2D eigenvalue weighted by Crippen LogP contribution is -2.34. The van der Waals surface area contributed by atoms with E-state index in [-0.39, 0.29) is 24.2 Å². The Bertz CT molecular complexity index is 1130. The molecule has 1 atom stereocenters. The number of hydrogen-bond donors (Lipinski definition) is 1. The van der Waals surface area contributed by atoms with Crippen molar-refractivity contribution in [1.29, 1.82) is 0 Å². The molecule has 3 aromatic rings. The number of para-hydroxylation sites is 1. The number of hydrogen-bond acceptors (Lipinski definition) is 5. The minimum absolute atomic E-state index is 0.0183. The Morgan fingerprint density at radius 3 is 2.62 bits per heavy atom. The number of benzene rings is 2. The van der Waals surface area contributed by atoms with E-state index in [9.17, 15) is 9.59 Å². The van der Waals surface area contributed by atoms with E-state index >= 15 is 0 Å². The number of likely N-dealkylation sites (tertiary alicyclic amines) is 1. The van der Waals surface area contributed by atoms with E-state index < -0.39 is 0 Å². The number of aromatic nitrogens is 2. The van der Waals surface area contributed by atoms with Crippen LogP contribution in [-0.4, -0.2) is 60.3 Å². The van der Waals surface area contributed by atoms with E-state index in [0.29, 0.717) is 44.0 Å². The molecule has 0 radical (unpaired) electrons. The maximum atomic E-state index is 12.6. The van der Waals surface area contributed by atoms with Gasteiger partial charge in [0.05, 0.1) is 32.0 Å². The van der Waals surface area contributed by atoms with Crippen molar-refractivity contribution < 1.29 is 19.1 Å². The van der Waals surface area contributed by atoms with Crippen LogP contribution < -0.4 is 14.8 Å². The first-order valence-electron chi connectivity index (χ1n) is 11.4. The maximum absolute atomic E-state index is 12.6. The van der Waals surface area contributed by atoms with Gasteiger partial charge in [-0.1, -0.05) is 24.3 Å². The topological polar surface area (TPSA) is 85.7 Å². The summed E-state index contributed by atoms with van der Waals surface area (Å²) in [4.78, 5) is 26.9. The molecule has 1 aromatic heterocycles. The molecule has 0 aliphatic carbocycles. The van der Waals surface area contributed by atoms with Crippen LogP contribution in [0.25, 0.3) is 5.69 Å². The van der Waals surface area contributed by atoms with Crippen molar-refractivity contribution in [1.82, 2.24) is 20.0 Å². The van der Waals surface area contributed by atoms with Gasteiger partial charge in [-0.25, -0.2) is 4.68 Å². The lowest BCUT2D eigenvalue weighted by Gasteiger charge is -2.17. The molecule has 0 bridgehead atoms. The lowest BCUT2D eigenvalue weighted by molar-refractivity contribution is -0.129. The van der Waals surface area contributed by atoms with E-state index in [0.717, 1.165) is 16.8 Å². The van der Waals surface area contributed by atoms with Crippen LogP contribution in [0.15, 0.2) is 60.9 Å². The standard InChI is InChI=1S/C26H30N4O4/c1-33-23-9-8-19(14-24(23)34-2)11-13-29-18-21(15-25(29)31)26(32)27-12-10-20-16-28-30(17-20)22-6-4-3-5-7-22/h3-9,14,16-17,21H,10-13,15,18H2,1-2H3,(H,27,32). The monoisotopic (exact) mass is 462 g/mol. The van der Waals surface area contributed by atoms with Crippen LogP contribution in [0.1, 0.15) is 17.5 Å². The maximum Gasteiger partial charge on any atom is 0.225 e. The molecule has 2 aromatic carbocycles. The first kappa shape index (κ1) is 23.4. The SMILES string of the molecule is COc1ccc(CCN2CC(C(=O)NCCc3cnn(-c4ccccc4)c3)CC2=O)cc1OC. The Balaban J connectivity index is 1.23. The third kappa shape index (κ3) is 5.57. The van der Waals surface area contributed by atoms with Gasteiger partial charge in [-0.15, -0.1) is 0 Å². The van der Waals surface area contributed by atoms with Crippen molar-refractivity contribution >= 4 is 11.8 Å². The van der Waals surface area contributed by atoms with Gasteiger partial charge in [0.1, 0.15) is 0 Å². The number of amides is 2. The predicted octanol–water partition coefficient (Wildman–Crippen LogP) is 2.64. The molecule has 8 heteroatoms. The zero-order valence-corrected chi connectivity index (χ0v) is 19.6. The normalized spacial score (nSPS) is 15.4. The Hall–Kier alpha value is -3.81. The van der Waals surface area contributed by atoms with Crippen LogP contribution in [0.3, 0.4) is 0 Å². The largest absolute Gasteiger partial charge is 0.493 e. The van der Waals surface area contributed by atoms with Crippen LogP contribution in [-0.2, 0) is 22.4 Å². The van der Waals surface area contributed by atoms with Gasteiger partial charge in [0, 0.05) is 32.3 Å². The first-order valence-corrected chi connectivity index (χ1v) is 11.4. The van der Waals surface area contributed by atoms with Crippen molar-refractivity contribution in [2.75, 3.05) is 33.9 Å². The molecule has 2 amide bonds. The Labute approximate surface area is 199 Å². The number of ether oxygens (including phenoxy) is 2. The summed E-state index contributed by atoms with van der Waals surface area (Å²) < 4.78 is 12.4. The summed E-state index contributed by atoms with van der Waals surface area (Å²) >= 11 is 0. The highest BCUT2D eigenvalue weighted by atomic mass is 16.5. The predicted molar refractivity (Wildman–Crippen MR) is 128 cm³/mol. The molecular formula is C26H30N4O4. The van der Waals surface area contributed by atoms with Gasteiger partial charge >= 0.3 is 0 Å². The summed E-state index contributed by atoms with van der Waals surface area (Å²) in [6.07, 6.45) is 5.41. The van der Waals surface area contributed by atoms with Crippen LogP contribution >= 0.6 is 0 Å². The molecule has 178 valence electrons. The molecule has 4 rings (SSSR count). The number of carbonyl (C=O) groups excluding carboxylic acids is 2. The fourth-order valence-corrected chi connectivity index (χ4v) is 4.15. The summed E-state index contributed by atoms with van der Waals surface area (Å²) in [7, 11) is 3.20. The minimum Gasteiger partial charge on any atom is -0.493 e. The second-order valence-electron chi connectivity index (χ2n) is 8.35. The van der Waals surface area contributed by atoms with Crippen LogP contribution in [0.4, 0.5) is 0 Å². The second kappa shape index (κ2) is 10.9. The van der Waals surface area contributed by atoms with Crippen molar-refractivity contribution in [3.63, 3.8) is 0 Å². The zero-order valence-electron chi connectivity index (χ0n) is 19.6. The molecular weight excluding hydrogens is 432 g/mol. The average molecular weight is 463 g/mol. The summed E-state index contributed by atoms with van der Waals surface area (Å²) in [6.45, 7) is 1.52. The van der Waals surface area contributed by atoms with E-state index in [1.54, 1.807) is 19.1 Å². The smallest absolute Gasteiger partial charge is 0.225 e. The minimum atomic E-state index is -0.315. The van der Waals surface area contributed by atoms with Crippen LogP contribution in [0, 0.1) is 5.92 Å². The van der Waals surface area contributed by atoms with Gasteiger partial charge in [-0.05, 0) is 48.2 Å². The number of carbonyl (C=O) groups is 2. The highest BCUT2D eigenvalue weighted by Crippen LogP contribution is 2.28. The fourth-order valence-electron chi connectivity index (χ4n) is 4.15. The van der Waals surface area contributed by atoms with E-state index in [4.69, 9.17) is 9.47 Å². The van der Waals surface area contributed by atoms with Gasteiger partial charge in [0.15, 0.2) is 11.5 Å². The lowest BCUT2D eigenvalue weighted by atomic mass is 10.1. The van der Waals surface area contributed by atoms with E-state index in [1.165, 1.54) is 0 Å². The van der Waals surface area contributed by atoms with Crippen molar-refractivity contribution in [3.8, 4) is 17.2 Å². The highest BCUT2D eigenvalue weighted by Gasteiger charge is 2.33. The number of nitrogens with one attached hydrogen (secondary N) is 1. The molecule has 0 spiro atoms. The van der Waals surface area contributed by atoms with Gasteiger partial charge in [-0.3, -0.25) is 9.59 Å². The second-order valence-corrected chi connectivity index (χ2v) is 8.35. The van der Waals surface area contributed by atoms with Gasteiger partial charge in [0.25, 0.3) is 0 Å².